The molecule has 21 heavy (non-hydrogen) atoms. The lowest BCUT2D eigenvalue weighted by molar-refractivity contribution is 0.265. The van der Waals surface area contributed by atoms with Gasteiger partial charge in [0.1, 0.15) is 6.61 Å². The molecule has 0 aliphatic rings. The molecule has 0 heterocycles. The fourth-order valence-electron chi connectivity index (χ4n) is 2.20. The largest absolute Gasteiger partial charge is 0.490 e. The van der Waals surface area contributed by atoms with E-state index in [-0.39, 0.29) is 5.92 Å². The van der Waals surface area contributed by atoms with Crippen LogP contribution in [0.4, 0.5) is 0 Å². The first kappa shape index (κ1) is 15.4. The van der Waals surface area contributed by atoms with Crippen LogP contribution in [0, 0.1) is 0 Å². The molecule has 3 heteroatoms. The molecule has 3 nitrogen and oxygen atoms in total. The Morgan fingerprint density at radius 1 is 1.00 bits per heavy atom. The molecule has 0 fully saturated rings. The van der Waals surface area contributed by atoms with Gasteiger partial charge in [-0.05, 0) is 31.0 Å². The van der Waals surface area contributed by atoms with Crippen LogP contribution >= 0.6 is 0 Å². The number of para-hydroxylation sites is 1. The third-order valence-corrected chi connectivity index (χ3v) is 3.42. The third-order valence-electron chi connectivity index (χ3n) is 3.42. The Morgan fingerprint density at radius 2 is 1.76 bits per heavy atom. The van der Waals surface area contributed by atoms with Gasteiger partial charge in [0.25, 0.3) is 0 Å². The van der Waals surface area contributed by atoms with E-state index in [1.807, 2.05) is 37.3 Å². The maximum absolute atomic E-state index is 6.05. The summed E-state index contributed by atoms with van der Waals surface area (Å²) in [7, 11) is 0. The van der Waals surface area contributed by atoms with Crippen molar-refractivity contribution in [2.75, 3.05) is 13.2 Å². The quantitative estimate of drug-likeness (QED) is 0.843. The second-order valence-electron chi connectivity index (χ2n) is 5.02. The summed E-state index contributed by atoms with van der Waals surface area (Å²) in [6.45, 7) is 5.79. The molecular weight excluding hydrogens is 262 g/mol. The van der Waals surface area contributed by atoms with Crippen LogP contribution in [0.25, 0.3) is 0 Å². The Bertz CT molecular complexity index is 554. The van der Waals surface area contributed by atoms with Gasteiger partial charge in [-0.2, -0.15) is 0 Å². The van der Waals surface area contributed by atoms with Gasteiger partial charge < -0.3 is 15.2 Å². The normalized spacial score (nSPS) is 12.0. The average molecular weight is 285 g/mol. The van der Waals surface area contributed by atoms with Crippen LogP contribution in [0.5, 0.6) is 11.5 Å². The Kier molecular flexibility index (Phi) is 5.64. The number of rotatable bonds is 7. The minimum absolute atomic E-state index is 0.233. The smallest absolute Gasteiger partial charge is 0.165 e. The minimum Gasteiger partial charge on any atom is -0.490 e. The zero-order valence-electron chi connectivity index (χ0n) is 12.7. The molecular formula is C18H23NO2. The summed E-state index contributed by atoms with van der Waals surface area (Å²) in [5, 5.41) is 0. The predicted octanol–water partition coefficient (Wildman–Crippen LogP) is 3.73. The summed E-state index contributed by atoms with van der Waals surface area (Å²) >= 11 is 0. The van der Waals surface area contributed by atoms with Crippen molar-refractivity contribution < 1.29 is 9.47 Å². The monoisotopic (exact) mass is 285 g/mol. The molecule has 1 unspecified atom stereocenters. The molecule has 0 saturated heterocycles. The van der Waals surface area contributed by atoms with Crippen molar-refractivity contribution in [1.82, 2.24) is 0 Å². The van der Waals surface area contributed by atoms with Crippen LogP contribution in [0.3, 0.4) is 0 Å². The SMILES string of the molecule is CCOc1cccc(C(C)CN)c1OCc1ccccc1. The zero-order chi connectivity index (χ0) is 15.1. The maximum Gasteiger partial charge on any atom is 0.165 e. The minimum atomic E-state index is 0.233. The molecule has 0 saturated carbocycles. The van der Waals surface area contributed by atoms with E-state index < -0.39 is 0 Å². The maximum atomic E-state index is 6.05. The van der Waals surface area contributed by atoms with E-state index in [0.29, 0.717) is 19.8 Å². The average Bonchev–Trinajstić information content (AvgIpc) is 2.54. The van der Waals surface area contributed by atoms with Gasteiger partial charge in [-0.25, -0.2) is 0 Å². The molecule has 1 atom stereocenters. The zero-order valence-corrected chi connectivity index (χ0v) is 12.7. The second-order valence-corrected chi connectivity index (χ2v) is 5.02. The highest BCUT2D eigenvalue weighted by Crippen LogP contribution is 2.36. The first-order valence-corrected chi connectivity index (χ1v) is 7.38. The summed E-state index contributed by atoms with van der Waals surface area (Å²) in [4.78, 5) is 0. The molecule has 0 bridgehead atoms. The van der Waals surface area contributed by atoms with Crippen molar-refractivity contribution in [2.24, 2.45) is 5.73 Å². The van der Waals surface area contributed by atoms with Crippen molar-refractivity contribution in [3.05, 3.63) is 59.7 Å². The predicted molar refractivity (Wildman–Crippen MR) is 85.9 cm³/mol. The third kappa shape index (κ3) is 3.99. The fraction of sp³-hybridized carbons (Fsp3) is 0.333. The molecule has 2 aromatic carbocycles. The Labute approximate surface area is 126 Å². The van der Waals surface area contributed by atoms with Crippen LogP contribution in [0.1, 0.15) is 30.9 Å². The molecule has 2 rings (SSSR count). The number of ether oxygens (including phenoxy) is 2. The molecule has 0 aromatic heterocycles. The van der Waals surface area contributed by atoms with E-state index in [1.165, 1.54) is 0 Å². The lowest BCUT2D eigenvalue weighted by Crippen LogP contribution is -2.11. The molecule has 0 amide bonds. The van der Waals surface area contributed by atoms with Crippen LogP contribution in [-0.2, 0) is 6.61 Å². The highest BCUT2D eigenvalue weighted by atomic mass is 16.5. The van der Waals surface area contributed by atoms with Crippen LogP contribution in [0.15, 0.2) is 48.5 Å². The van der Waals surface area contributed by atoms with E-state index in [4.69, 9.17) is 15.2 Å². The number of hydrogen-bond donors (Lipinski definition) is 1. The van der Waals surface area contributed by atoms with E-state index in [0.717, 1.165) is 22.6 Å². The molecule has 2 aromatic rings. The molecule has 0 aliphatic heterocycles. The van der Waals surface area contributed by atoms with Gasteiger partial charge in [0.05, 0.1) is 6.61 Å². The van der Waals surface area contributed by atoms with E-state index >= 15 is 0 Å². The van der Waals surface area contributed by atoms with Crippen LogP contribution in [0.2, 0.25) is 0 Å². The van der Waals surface area contributed by atoms with Gasteiger partial charge in [-0.15, -0.1) is 0 Å². The highest BCUT2D eigenvalue weighted by molar-refractivity contribution is 5.48. The topological polar surface area (TPSA) is 44.5 Å². The van der Waals surface area contributed by atoms with Crippen LogP contribution in [-0.4, -0.2) is 13.2 Å². The van der Waals surface area contributed by atoms with Crippen molar-refractivity contribution in [1.29, 1.82) is 0 Å². The second kappa shape index (κ2) is 7.70. The van der Waals surface area contributed by atoms with Gasteiger partial charge >= 0.3 is 0 Å². The van der Waals surface area contributed by atoms with Gasteiger partial charge in [-0.3, -0.25) is 0 Å². The summed E-state index contributed by atoms with van der Waals surface area (Å²) in [5.41, 5.74) is 8.04. The molecule has 2 N–H and O–H groups in total. The van der Waals surface area contributed by atoms with Crippen molar-refractivity contribution >= 4 is 0 Å². The van der Waals surface area contributed by atoms with E-state index in [9.17, 15) is 0 Å². The number of hydrogen-bond acceptors (Lipinski definition) is 3. The first-order valence-electron chi connectivity index (χ1n) is 7.38. The Balaban J connectivity index is 2.25. The molecule has 112 valence electrons. The van der Waals surface area contributed by atoms with Gasteiger partial charge in [0.2, 0.25) is 0 Å². The van der Waals surface area contributed by atoms with Gasteiger partial charge in [0, 0.05) is 5.56 Å². The summed E-state index contributed by atoms with van der Waals surface area (Å²) in [6, 6.07) is 16.1. The van der Waals surface area contributed by atoms with Crippen molar-refractivity contribution in [2.45, 2.75) is 26.4 Å². The molecule has 0 aliphatic carbocycles. The van der Waals surface area contributed by atoms with Crippen molar-refractivity contribution in [3.8, 4) is 11.5 Å². The standard InChI is InChI=1S/C18H23NO2/c1-3-20-17-11-7-10-16(14(2)12-19)18(17)21-13-15-8-5-4-6-9-15/h4-11,14H,3,12-13,19H2,1-2H3. The molecule has 0 radical (unpaired) electrons. The van der Waals surface area contributed by atoms with E-state index in [2.05, 4.69) is 25.1 Å². The fourth-order valence-corrected chi connectivity index (χ4v) is 2.20. The van der Waals surface area contributed by atoms with Gasteiger partial charge in [0.15, 0.2) is 11.5 Å². The van der Waals surface area contributed by atoms with E-state index in [1.54, 1.807) is 0 Å². The number of benzene rings is 2. The summed E-state index contributed by atoms with van der Waals surface area (Å²) < 4.78 is 11.7. The van der Waals surface area contributed by atoms with Crippen molar-refractivity contribution in [3.63, 3.8) is 0 Å². The Morgan fingerprint density at radius 3 is 2.43 bits per heavy atom. The Hall–Kier alpha value is -2.00. The molecule has 0 spiro atoms. The number of nitrogens with two attached hydrogens (primary N) is 1. The van der Waals surface area contributed by atoms with Gasteiger partial charge in [-0.1, -0.05) is 49.4 Å². The summed E-state index contributed by atoms with van der Waals surface area (Å²) in [6.07, 6.45) is 0. The first-order chi connectivity index (χ1) is 10.3. The lowest BCUT2D eigenvalue weighted by atomic mass is 10.00. The van der Waals surface area contributed by atoms with Crippen LogP contribution < -0.4 is 15.2 Å². The summed E-state index contributed by atoms with van der Waals surface area (Å²) in [5.74, 6) is 1.82. The lowest BCUT2D eigenvalue weighted by Gasteiger charge is -2.19. The highest BCUT2D eigenvalue weighted by Gasteiger charge is 2.15.